The number of fused-ring (bicyclic) bond motifs is 1. The van der Waals surface area contributed by atoms with Crippen molar-refractivity contribution in [3.05, 3.63) is 47.8 Å². The fourth-order valence-electron chi connectivity index (χ4n) is 4.83. The normalized spacial score (nSPS) is 22.0. The number of unbranched alkanes of at least 4 members (excludes halogenated alkanes) is 1. The van der Waals surface area contributed by atoms with E-state index in [2.05, 4.69) is 18.1 Å². The molecule has 8 nitrogen and oxygen atoms in total. The van der Waals surface area contributed by atoms with Gasteiger partial charge in [0.15, 0.2) is 5.60 Å². The molecular weight excluding hydrogens is 432 g/mol. The quantitative estimate of drug-likeness (QED) is 0.689. The second-order valence-electron chi connectivity index (χ2n) is 9.25. The maximum Gasteiger partial charge on any atom is 0.274 e. The third-order valence-corrected chi connectivity index (χ3v) is 6.73. The summed E-state index contributed by atoms with van der Waals surface area (Å²) in [6, 6.07) is 9.86. The Morgan fingerprint density at radius 3 is 2.79 bits per heavy atom. The zero-order valence-corrected chi connectivity index (χ0v) is 20.4. The molecule has 184 valence electrons. The second kappa shape index (κ2) is 11.0. The van der Waals surface area contributed by atoms with Gasteiger partial charge in [-0.2, -0.15) is 5.10 Å². The number of hydrogen-bond donors (Lipinski definition) is 0. The van der Waals surface area contributed by atoms with Crippen molar-refractivity contribution in [2.45, 2.75) is 51.0 Å². The molecule has 2 aliphatic heterocycles. The van der Waals surface area contributed by atoms with E-state index in [0.717, 1.165) is 37.9 Å². The molecule has 0 bridgehead atoms. The highest BCUT2D eigenvalue weighted by Crippen LogP contribution is 2.30. The maximum atomic E-state index is 14.0. The van der Waals surface area contributed by atoms with Crippen molar-refractivity contribution in [3.8, 4) is 5.75 Å². The SMILES string of the molecule is CCCCN1CCOc2ccccc2CCCCC2(CN(C(=O)c3ccn(C)n3)CCO2)C1=O. The molecule has 1 spiro atoms. The highest BCUT2D eigenvalue weighted by Gasteiger charge is 2.46. The molecule has 2 aliphatic rings. The van der Waals surface area contributed by atoms with E-state index in [1.165, 1.54) is 5.56 Å². The number of carbonyl (C=O) groups is 2. The van der Waals surface area contributed by atoms with Gasteiger partial charge >= 0.3 is 0 Å². The third kappa shape index (κ3) is 5.43. The largest absolute Gasteiger partial charge is 0.491 e. The van der Waals surface area contributed by atoms with Crippen molar-refractivity contribution in [2.75, 3.05) is 39.4 Å². The number of amides is 2. The lowest BCUT2D eigenvalue weighted by Gasteiger charge is -2.44. The van der Waals surface area contributed by atoms with Crippen LogP contribution in [0, 0.1) is 0 Å². The lowest BCUT2D eigenvalue weighted by atomic mass is 9.90. The number of aromatic nitrogens is 2. The Bertz CT molecular complexity index is 991. The van der Waals surface area contributed by atoms with Gasteiger partial charge in [-0.05, 0) is 49.8 Å². The first-order valence-corrected chi connectivity index (χ1v) is 12.5. The van der Waals surface area contributed by atoms with Crippen LogP contribution in [0.15, 0.2) is 36.5 Å². The zero-order valence-electron chi connectivity index (χ0n) is 20.4. The van der Waals surface area contributed by atoms with E-state index in [1.807, 2.05) is 23.1 Å². The van der Waals surface area contributed by atoms with Crippen LogP contribution in [0.1, 0.15) is 55.1 Å². The summed E-state index contributed by atoms with van der Waals surface area (Å²) in [7, 11) is 1.79. The van der Waals surface area contributed by atoms with E-state index in [1.54, 1.807) is 28.9 Å². The van der Waals surface area contributed by atoms with Gasteiger partial charge in [-0.3, -0.25) is 14.3 Å². The molecule has 3 heterocycles. The van der Waals surface area contributed by atoms with Gasteiger partial charge in [-0.25, -0.2) is 0 Å². The molecule has 0 saturated carbocycles. The number of ether oxygens (including phenoxy) is 2. The lowest BCUT2D eigenvalue weighted by Crippen LogP contribution is -2.62. The summed E-state index contributed by atoms with van der Waals surface area (Å²) in [4.78, 5) is 30.8. The number of rotatable bonds is 4. The summed E-state index contributed by atoms with van der Waals surface area (Å²) in [5.74, 6) is 0.721. The van der Waals surface area contributed by atoms with Crippen molar-refractivity contribution in [2.24, 2.45) is 7.05 Å². The molecule has 1 atom stereocenters. The van der Waals surface area contributed by atoms with E-state index in [-0.39, 0.29) is 18.4 Å². The third-order valence-electron chi connectivity index (χ3n) is 6.73. The average Bonchev–Trinajstić information content (AvgIpc) is 3.29. The zero-order chi connectivity index (χ0) is 24.0. The van der Waals surface area contributed by atoms with Crippen molar-refractivity contribution >= 4 is 11.8 Å². The van der Waals surface area contributed by atoms with Gasteiger partial charge in [-0.1, -0.05) is 31.5 Å². The number of aryl methyl sites for hydroxylation is 2. The molecular formula is C26H36N4O4. The van der Waals surface area contributed by atoms with Gasteiger partial charge < -0.3 is 19.3 Å². The van der Waals surface area contributed by atoms with Gasteiger partial charge in [0.1, 0.15) is 18.1 Å². The predicted molar refractivity (Wildman–Crippen MR) is 129 cm³/mol. The minimum atomic E-state index is -1.03. The van der Waals surface area contributed by atoms with Crippen molar-refractivity contribution in [3.63, 3.8) is 0 Å². The number of carbonyl (C=O) groups excluding carboxylic acids is 2. The minimum absolute atomic E-state index is 0.0306. The Morgan fingerprint density at radius 1 is 1.15 bits per heavy atom. The van der Waals surface area contributed by atoms with Crippen LogP contribution in [0.3, 0.4) is 0 Å². The van der Waals surface area contributed by atoms with Crippen LogP contribution in [0.25, 0.3) is 0 Å². The molecule has 8 heteroatoms. The first-order valence-electron chi connectivity index (χ1n) is 12.5. The summed E-state index contributed by atoms with van der Waals surface area (Å²) in [5, 5.41) is 4.27. The monoisotopic (exact) mass is 468 g/mol. The second-order valence-corrected chi connectivity index (χ2v) is 9.25. The van der Waals surface area contributed by atoms with E-state index in [4.69, 9.17) is 9.47 Å². The molecule has 1 aromatic heterocycles. The summed E-state index contributed by atoms with van der Waals surface area (Å²) < 4.78 is 14.0. The van der Waals surface area contributed by atoms with Crippen molar-refractivity contribution in [1.82, 2.24) is 19.6 Å². The van der Waals surface area contributed by atoms with Crippen LogP contribution >= 0.6 is 0 Å². The number of benzene rings is 1. The van der Waals surface area contributed by atoms with Gasteiger partial charge in [0.25, 0.3) is 11.8 Å². The smallest absolute Gasteiger partial charge is 0.274 e. The Kier molecular flexibility index (Phi) is 7.88. The van der Waals surface area contributed by atoms with Crippen LogP contribution in [0.4, 0.5) is 0 Å². The standard InChI is InChI=1S/C26H36N4O4/c1-3-4-14-29-16-18-33-23-11-6-5-9-21(23)10-7-8-13-26(25(29)32)20-30(17-19-34-26)24(31)22-12-15-28(2)27-22/h5-6,9,11-12,15H,3-4,7-8,10,13-14,16-20H2,1-2H3. The molecule has 2 amide bonds. The summed E-state index contributed by atoms with van der Waals surface area (Å²) in [6.45, 7) is 4.74. The molecule has 1 unspecified atom stereocenters. The number of hydrogen-bond acceptors (Lipinski definition) is 5. The topological polar surface area (TPSA) is 76.9 Å². The van der Waals surface area contributed by atoms with E-state index < -0.39 is 5.60 Å². The minimum Gasteiger partial charge on any atom is -0.491 e. The molecule has 4 rings (SSSR count). The van der Waals surface area contributed by atoms with Crippen LogP contribution in [-0.2, 0) is 23.0 Å². The fourth-order valence-corrected chi connectivity index (χ4v) is 4.83. The Morgan fingerprint density at radius 2 is 2.00 bits per heavy atom. The van der Waals surface area contributed by atoms with Crippen molar-refractivity contribution in [1.29, 1.82) is 0 Å². The molecule has 1 fully saturated rings. The summed E-state index contributed by atoms with van der Waals surface area (Å²) in [5.41, 5.74) is 0.558. The maximum absolute atomic E-state index is 14.0. The van der Waals surface area contributed by atoms with Crippen LogP contribution in [-0.4, -0.2) is 76.4 Å². The van der Waals surface area contributed by atoms with Crippen LogP contribution in [0.5, 0.6) is 5.75 Å². The molecule has 0 N–H and O–H groups in total. The van der Waals surface area contributed by atoms with Crippen LogP contribution in [0.2, 0.25) is 0 Å². The number of nitrogens with zero attached hydrogens (tertiary/aromatic N) is 4. The summed E-state index contributed by atoms with van der Waals surface area (Å²) >= 11 is 0. The van der Waals surface area contributed by atoms with Gasteiger partial charge in [0.2, 0.25) is 0 Å². The first-order chi connectivity index (χ1) is 16.5. The molecule has 2 aromatic rings. The first kappa shape index (κ1) is 24.3. The Hall–Kier alpha value is -2.87. The summed E-state index contributed by atoms with van der Waals surface area (Å²) in [6.07, 6.45) is 6.88. The lowest BCUT2D eigenvalue weighted by molar-refractivity contribution is -0.170. The Labute approximate surface area is 201 Å². The van der Waals surface area contributed by atoms with Gasteiger partial charge in [0.05, 0.1) is 19.7 Å². The Balaban J connectivity index is 1.58. The van der Waals surface area contributed by atoms with E-state index in [9.17, 15) is 9.59 Å². The van der Waals surface area contributed by atoms with E-state index in [0.29, 0.717) is 45.0 Å². The average molecular weight is 469 g/mol. The van der Waals surface area contributed by atoms with Crippen LogP contribution < -0.4 is 4.74 Å². The highest BCUT2D eigenvalue weighted by molar-refractivity contribution is 5.93. The number of para-hydroxylation sites is 1. The van der Waals surface area contributed by atoms with E-state index >= 15 is 0 Å². The van der Waals surface area contributed by atoms with Crippen molar-refractivity contribution < 1.29 is 19.1 Å². The molecule has 1 saturated heterocycles. The molecule has 1 aromatic carbocycles. The fraction of sp³-hybridized carbons (Fsp3) is 0.577. The van der Waals surface area contributed by atoms with Gasteiger partial charge in [-0.15, -0.1) is 0 Å². The highest BCUT2D eigenvalue weighted by atomic mass is 16.5. The number of morpholine rings is 1. The van der Waals surface area contributed by atoms with Gasteiger partial charge in [0, 0.05) is 26.3 Å². The molecule has 34 heavy (non-hydrogen) atoms. The molecule has 0 aliphatic carbocycles. The predicted octanol–water partition coefficient (Wildman–Crippen LogP) is 3.07. The molecule has 0 radical (unpaired) electrons.